The summed E-state index contributed by atoms with van der Waals surface area (Å²) in [5.74, 6) is 0.378. The Hall–Kier alpha value is -0.0500. The molecule has 0 saturated carbocycles. The minimum Gasteiger partial charge on any atom is -0.173 e. The van der Waals surface area contributed by atoms with Crippen LogP contribution < -0.4 is 0 Å². The van der Waals surface area contributed by atoms with Gasteiger partial charge in [0.05, 0.1) is 0 Å². The Morgan fingerprint density at radius 3 is 2.12 bits per heavy atom. The summed E-state index contributed by atoms with van der Waals surface area (Å²) in [7, 11) is 0. The zero-order valence-corrected chi connectivity index (χ0v) is 5.39. The lowest BCUT2D eigenvalue weighted by atomic mass is 10.3. The van der Waals surface area contributed by atoms with Crippen molar-refractivity contribution in [1.29, 1.82) is 0 Å². The third kappa shape index (κ3) is 3.02. The molecular formula is C5H7F2S. The van der Waals surface area contributed by atoms with Crippen LogP contribution >= 0.6 is 12.6 Å². The van der Waals surface area contributed by atoms with E-state index in [4.69, 9.17) is 0 Å². The van der Waals surface area contributed by atoms with Crippen molar-refractivity contribution in [3.05, 3.63) is 11.7 Å². The fourth-order valence-corrected chi connectivity index (χ4v) is 0.554. The highest BCUT2D eigenvalue weighted by atomic mass is 32.1. The van der Waals surface area contributed by atoms with Crippen molar-refractivity contribution in [3.63, 3.8) is 0 Å². The fraction of sp³-hybridized carbons (Fsp3) is 0.600. The molecular weight excluding hydrogens is 130 g/mol. The molecule has 0 rings (SSSR count). The van der Waals surface area contributed by atoms with Gasteiger partial charge in [-0.1, -0.05) is 12.6 Å². The minimum atomic E-state index is -1.59. The van der Waals surface area contributed by atoms with Crippen molar-refractivity contribution in [3.8, 4) is 0 Å². The van der Waals surface area contributed by atoms with Crippen LogP contribution in [0, 0.1) is 0 Å². The number of hydrogen-bond acceptors (Lipinski definition) is 0. The number of halogens is 2. The molecule has 0 aliphatic rings. The first-order valence-corrected chi connectivity index (χ1v) is 2.85. The van der Waals surface area contributed by atoms with Crippen molar-refractivity contribution >= 4 is 12.6 Å². The van der Waals surface area contributed by atoms with Crippen LogP contribution in [0.2, 0.25) is 0 Å². The zero-order valence-electron chi connectivity index (χ0n) is 4.58. The Balaban J connectivity index is 3.62. The maximum atomic E-state index is 11.4. The van der Waals surface area contributed by atoms with Crippen molar-refractivity contribution in [2.75, 3.05) is 5.75 Å². The first kappa shape index (κ1) is 7.95. The summed E-state index contributed by atoms with van der Waals surface area (Å²) < 4.78 is 22.9. The highest BCUT2D eigenvalue weighted by molar-refractivity contribution is 7.80. The van der Waals surface area contributed by atoms with Gasteiger partial charge in [-0.15, -0.1) is 0 Å². The maximum Gasteiger partial charge on any atom is 0.269 e. The van der Waals surface area contributed by atoms with Gasteiger partial charge >= 0.3 is 0 Å². The van der Waals surface area contributed by atoms with E-state index in [0.29, 0.717) is 12.2 Å². The summed E-state index contributed by atoms with van der Waals surface area (Å²) in [6, 6.07) is 0. The average molecular weight is 137 g/mol. The van der Waals surface area contributed by atoms with Gasteiger partial charge < -0.3 is 0 Å². The molecule has 0 bridgehead atoms. The molecule has 0 heterocycles. The van der Waals surface area contributed by atoms with Crippen LogP contribution in [0.5, 0.6) is 0 Å². The van der Waals surface area contributed by atoms with E-state index in [0.717, 1.165) is 0 Å². The zero-order chi connectivity index (χ0) is 6.57. The van der Waals surface area contributed by atoms with E-state index in [1.165, 1.54) is 6.92 Å². The molecule has 0 unspecified atom stereocenters. The molecule has 8 heavy (non-hydrogen) atoms. The van der Waals surface area contributed by atoms with Crippen LogP contribution in [-0.4, -0.2) is 5.75 Å². The van der Waals surface area contributed by atoms with E-state index < -0.39 is 6.08 Å². The van der Waals surface area contributed by atoms with Crippen LogP contribution in [0.15, 0.2) is 11.7 Å². The molecule has 0 N–H and O–H groups in total. The summed E-state index contributed by atoms with van der Waals surface area (Å²) in [5.41, 5.74) is 0.111. The predicted octanol–water partition coefficient (Wildman–Crippen LogP) is 2.74. The van der Waals surface area contributed by atoms with E-state index >= 15 is 0 Å². The molecule has 47 valence electrons. The Bertz CT molecular complexity index is 94.6. The third-order valence-corrected chi connectivity index (χ3v) is 1.00. The second kappa shape index (κ2) is 3.89. The second-order valence-electron chi connectivity index (χ2n) is 1.49. The molecule has 0 amide bonds. The first-order valence-electron chi connectivity index (χ1n) is 2.27. The van der Waals surface area contributed by atoms with Gasteiger partial charge in [-0.3, -0.25) is 0 Å². The van der Waals surface area contributed by atoms with Crippen LogP contribution in [0.25, 0.3) is 0 Å². The SMILES string of the molecule is CC(CC[S])=C(F)F. The summed E-state index contributed by atoms with van der Waals surface area (Å²) in [6.07, 6.45) is -1.26. The molecule has 1 radical (unpaired) electrons. The molecule has 0 nitrogen and oxygen atoms in total. The monoisotopic (exact) mass is 137 g/mol. The van der Waals surface area contributed by atoms with E-state index in [1.54, 1.807) is 0 Å². The standard InChI is InChI=1S/C5H7F2S/c1-4(2-3-8)5(6)7/h2-3H2,1H3. The topological polar surface area (TPSA) is 0 Å². The van der Waals surface area contributed by atoms with Crippen molar-refractivity contribution in [1.82, 2.24) is 0 Å². The first-order chi connectivity index (χ1) is 3.68. The highest BCUT2D eigenvalue weighted by Crippen LogP contribution is 2.10. The van der Waals surface area contributed by atoms with Gasteiger partial charge in [-0.05, 0) is 18.9 Å². The third-order valence-electron chi connectivity index (χ3n) is 0.800. The lowest BCUT2D eigenvalue weighted by Gasteiger charge is -1.90. The number of allylic oxidation sites excluding steroid dienone is 1. The summed E-state index contributed by atoms with van der Waals surface area (Å²) in [4.78, 5) is 0. The number of rotatable bonds is 2. The molecule has 0 atom stereocenters. The van der Waals surface area contributed by atoms with Gasteiger partial charge in [-0.25, -0.2) is 0 Å². The predicted molar refractivity (Wildman–Crippen MR) is 32.0 cm³/mol. The second-order valence-corrected chi connectivity index (χ2v) is 1.90. The molecule has 3 heteroatoms. The lowest BCUT2D eigenvalue weighted by molar-refractivity contribution is 0.409. The molecule has 0 saturated heterocycles. The smallest absolute Gasteiger partial charge is 0.173 e. The van der Waals surface area contributed by atoms with Gasteiger partial charge in [0.15, 0.2) is 0 Å². The van der Waals surface area contributed by atoms with Crippen molar-refractivity contribution in [2.45, 2.75) is 13.3 Å². The van der Waals surface area contributed by atoms with Crippen LogP contribution in [0.1, 0.15) is 13.3 Å². The van der Waals surface area contributed by atoms with Crippen molar-refractivity contribution in [2.24, 2.45) is 0 Å². The van der Waals surface area contributed by atoms with Gasteiger partial charge in [0.2, 0.25) is 0 Å². The molecule has 0 aromatic carbocycles. The molecule has 0 aromatic rings. The van der Waals surface area contributed by atoms with E-state index in [1.807, 2.05) is 0 Å². The summed E-state index contributed by atoms with van der Waals surface area (Å²) in [5, 5.41) is 0. The van der Waals surface area contributed by atoms with Crippen LogP contribution in [0.3, 0.4) is 0 Å². The quantitative estimate of drug-likeness (QED) is 0.549. The van der Waals surface area contributed by atoms with Gasteiger partial charge in [0, 0.05) is 5.75 Å². The van der Waals surface area contributed by atoms with Crippen LogP contribution in [0.4, 0.5) is 8.78 Å². The Labute approximate surface area is 53.0 Å². The summed E-state index contributed by atoms with van der Waals surface area (Å²) >= 11 is 4.48. The maximum absolute atomic E-state index is 11.4. The van der Waals surface area contributed by atoms with Gasteiger partial charge in [0.1, 0.15) is 0 Å². The number of hydrogen-bond donors (Lipinski definition) is 0. The molecule has 0 spiro atoms. The summed E-state index contributed by atoms with van der Waals surface area (Å²) in [6.45, 7) is 1.39. The average Bonchev–Trinajstić information content (AvgIpc) is 1.67. The van der Waals surface area contributed by atoms with E-state index in [-0.39, 0.29) is 5.57 Å². The highest BCUT2D eigenvalue weighted by Gasteiger charge is 1.95. The fourth-order valence-electron chi connectivity index (χ4n) is 0.248. The van der Waals surface area contributed by atoms with Gasteiger partial charge in [-0.2, -0.15) is 8.78 Å². The van der Waals surface area contributed by atoms with Crippen molar-refractivity contribution < 1.29 is 8.78 Å². The minimum absolute atomic E-state index is 0.111. The van der Waals surface area contributed by atoms with E-state index in [2.05, 4.69) is 12.6 Å². The van der Waals surface area contributed by atoms with Crippen LogP contribution in [-0.2, 0) is 0 Å². The largest absolute Gasteiger partial charge is 0.269 e. The molecule has 0 aliphatic heterocycles. The molecule has 0 aliphatic carbocycles. The Morgan fingerprint density at radius 2 is 2.00 bits per heavy atom. The normalized spacial score (nSPS) is 9.00. The van der Waals surface area contributed by atoms with Gasteiger partial charge in [0.25, 0.3) is 6.08 Å². The molecule has 0 fully saturated rings. The van der Waals surface area contributed by atoms with E-state index in [9.17, 15) is 8.78 Å². The Kier molecular flexibility index (Phi) is 3.87. The Morgan fingerprint density at radius 1 is 1.50 bits per heavy atom. The lowest BCUT2D eigenvalue weighted by Crippen LogP contribution is -1.78. The molecule has 0 aromatic heterocycles.